The third kappa shape index (κ3) is 8.24. The molecule has 0 atom stereocenters. The third-order valence-electron chi connectivity index (χ3n) is 8.79. The number of rotatable bonds is 4. The Morgan fingerprint density at radius 3 is 1.63 bits per heavy atom. The molecule has 0 unspecified atom stereocenters. The average Bonchev–Trinajstić information content (AvgIpc) is 3.88. The van der Waals surface area contributed by atoms with Crippen molar-refractivity contribution in [3.8, 4) is 22.9 Å². The fourth-order valence-electron chi connectivity index (χ4n) is 6.20. The summed E-state index contributed by atoms with van der Waals surface area (Å²) in [4.78, 5) is 35.6. The number of hydrogen-bond donors (Lipinski definition) is 2. The maximum atomic E-state index is 13.1. The molecule has 8 rings (SSSR count). The van der Waals surface area contributed by atoms with E-state index in [-0.39, 0.29) is 11.5 Å². The molecule has 49 heavy (non-hydrogen) atoms. The van der Waals surface area contributed by atoms with E-state index >= 15 is 0 Å². The number of piperidine rings is 2. The molecule has 0 radical (unpaired) electrons. The molecule has 1 amide bonds. The maximum absolute atomic E-state index is 13.1. The van der Waals surface area contributed by atoms with Gasteiger partial charge in [-0.25, -0.2) is 14.8 Å². The second-order valence-electron chi connectivity index (χ2n) is 12.6. The normalized spacial score (nSPS) is 14.4. The number of carboxylic acids is 1. The van der Waals surface area contributed by atoms with Crippen molar-refractivity contribution in [2.24, 2.45) is 0 Å². The van der Waals surface area contributed by atoms with Crippen molar-refractivity contribution in [1.29, 1.82) is 0 Å². The summed E-state index contributed by atoms with van der Waals surface area (Å²) in [6.07, 6.45) is 10.8. The summed E-state index contributed by atoms with van der Waals surface area (Å²) in [6.45, 7) is 8.13. The molecule has 2 N–H and O–H groups in total. The maximum Gasteiger partial charge on any atom is 0.336 e. The number of carboxylic acid groups (broad SMARTS) is 1. The molecule has 2 saturated heterocycles. The van der Waals surface area contributed by atoms with Crippen molar-refractivity contribution < 1.29 is 23.5 Å². The first-order valence-electron chi connectivity index (χ1n) is 17.0. The van der Waals surface area contributed by atoms with Crippen molar-refractivity contribution in [2.75, 3.05) is 26.2 Å². The fourth-order valence-corrected chi connectivity index (χ4v) is 6.20. The van der Waals surface area contributed by atoms with E-state index < -0.39 is 5.97 Å². The SMILES string of the molecule is C1CCNCC1.Cc1ccc2nc(-c3ccco3)cc(C(=O)N3CCCCC3)c2c1.Cc1ccc2nc(-c3ccco3)cc(C(=O)O)c2c1. The van der Waals surface area contributed by atoms with E-state index in [2.05, 4.69) is 15.3 Å². The summed E-state index contributed by atoms with van der Waals surface area (Å²) in [5.74, 6) is 0.376. The summed E-state index contributed by atoms with van der Waals surface area (Å²) in [7, 11) is 0. The van der Waals surface area contributed by atoms with Gasteiger partial charge in [-0.05, 0) is 120 Å². The van der Waals surface area contributed by atoms with Crippen LogP contribution in [0.25, 0.3) is 44.7 Å². The van der Waals surface area contributed by atoms with E-state index in [9.17, 15) is 14.7 Å². The summed E-state index contributed by atoms with van der Waals surface area (Å²) >= 11 is 0. The molecule has 2 aromatic carbocycles. The van der Waals surface area contributed by atoms with Crippen LogP contribution in [0.1, 0.15) is 70.4 Å². The van der Waals surface area contributed by atoms with Crippen LogP contribution in [0.3, 0.4) is 0 Å². The van der Waals surface area contributed by atoms with Gasteiger partial charge in [0.15, 0.2) is 11.5 Å². The molecule has 9 nitrogen and oxygen atoms in total. The van der Waals surface area contributed by atoms with E-state index in [1.54, 1.807) is 24.5 Å². The Bertz CT molecular complexity index is 2010. The van der Waals surface area contributed by atoms with Gasteiger partial charge in [0, 0.05) is 23.9 Å². The lowest BCUT2D eigenvalue weighted by Gasteiger charge is -2.27. The molecular weight excluding hydrogens is 616 g/mol. The average molecular weight is 659 g/mol. The van der Waals surface area contributed by atoms with E-state index in [4.69, 9.17) is 8.83 Å². The molecule has 0 saturated carbocycles. The number of aryl methyl sites for hydroxylation is 2. The number of likely N-dealkylation sites (tertiary alicyclic amines) is 1. The Hall–Kier alpha value is -5.28. The molecule has 0 spiro atoms. The number of fused-ring (bicyclic) bond motifs is 2. The number of aromatic carboxylic acids is 1. The van der Waals surface area contributed by atoms with Crippen LogP contribution in [0.4, 0.5) is 0 Å². The quantitative estimate of drug-likeness (QED) is 0.193. The zero-order valence-electron chi connectivity index (χ0n) is 28.1. The molecule has 0 aliphatic carbocycles. The molecule has 0 bridgehead atoms. The first-order valence-corrected chi connectivity index (χ1v) is 17.0. The van der Waals surface area contributed by atoms with Gasteiger partial charge in [-0.3, -0.25) is 4.79 Å². The van der Waals surface area contributed by atoms with E-state index in [0.29, 0.717) is 33.8 Å². The second-order valence-corrected chi connectivity index (χ2v) is 12.6. The molecular formula is C40H42N4O5. The predicted octanol–water partition coefficient (Wildman–Crippen LogP) is 8.69. The Morgan fingerprint density at radius 2 is 1.18 bits per heavy atom. The lowest BCUT2D eigenvalue weighted by molar-refractivity contribution is 0.0696. The molecule has 6 aromatic rings. The van der Waals surface area contributed by atoms with Crippen LogP contribution in [-0.2, 0) is 0 Å². The smallest absolute Gasteiger partial charge is 0.336 e. The van der Waals surface area contributed by atoms with Crippen LogP contribution < -0.4 is 5.32 Å². The van der Waals surface area contributed by atoms with Gasteiger partial charge in [-0.1, -0.05) is 29.7 Å². The van der Waals surface area contributed by atoms with Crippen LogP contribution in [0.15, 0.2) is 94.2 Å². The van der Waals surface area contributed by atoms with E-state index in [1.165, 1.54) is 45.0 Å². The van der Waals surface area contributed by atoms with Gasteiger partial charge in [0.25, 0.3) is 5.91 Å². The van der Waals surface area contributed by atoms with Gasteiger partial charge >= 0.3 is 5.97 Å². The van der Waals surface area contributed by atoms with Crippen LogP contribution in [0, 0.1) is 13.8 Å². The number of benzene rings is 2. The highest BCUT2D eigenvalue weighted by Crippen LogP contribution is 2.28. The Labute approximate surface area is 286 Å². The topological polar surface area (TPSA) is 122 Å². The zero-order valence-corrected chi connectivity index (χ0v) is 28.1. The minimum atomic E-state index is -0.967. The lowest BCUT2D eigenvalue weighted by Crippen LogP contribution is -2.35. The van der Waals surface area contributed by atoms with Crippen LogP contribution in [0.5, 0.6) is 0 Å². The lowest BCUT2D eigenvalue weighted by atomic mass is 10.0. The number of pyridine rings is 2. The minimum Gasteiger partial charge on any atom is -0.478 e. The number of amides is 1. The van der Waals surface area contributed by atoms with Crippen molar-refractivity contribution in [2.45, 2.75) is 52.4 Å². The number of furan rings is 2. The Balaban J connectivity index is 0.000000148. The highest BCUT2D eigenvalue weighted by molar-refractivity contribution is 6.07. The highest BCUT2D eigenvalue weighted by atomic mass is 16.4. The Kier molecular flexibility index (Phi) is 10.8. The summed E-state index contributed by atoms with van der Waals surface area (Å²) in [5.41, 5.74) is 5.80. The summed E-state index contributed by atoms with van der Waals surface area (Å²) in [5, 5.41) is 14.2. The standard InChI is InChI=1S/C20H20N2O2.C15H11NO3.C5H11N/c1-14-7-8-17-15(12-14)16(20(23)22-9-3-2-4-10-22)13-18(21-17)19-6-5-11-24-19;1-9-4-5-12-10(7-9)11(15(17)18)8-13(16-12)14-3-2-6-19-14;1-2-4-6-5-3-1/h5-8,11-13H,2-4,9-10H2,1H3;2-8H,1H3,(H,17,18);6H,1-5H2. The predicted molar refractivity (Wildman–Crippen MR) is 192 cm³/mol. The highest BCUT2D eigenvalue weighted by Gasteiger charge is 2.22. The Morgan fingerprint density at radius 1 is 0.673 bits per heavy atom. The van der Waals surface area contributed by atoms with Crippen molar-refractivity contribution in [3.05, 3.63) is 108 Å². The third-order valence-corrected chi connectivity index (χ3v) is 8.79. The largest absolute Gasteiger partial charge is 0.478 e. The number of hydrogen-bond acceptors (Lipinski definition) is 7. The number of nitrogens with one attached hydrogen (secondary N) is 1. The first-order chi connectivity index (χ1) is 23.9. The molecule has 2 aliphatic rings. The van der Waals surface area contributed by atoms with Crippen LogP contribution in [0.2, 0.25) is 0 Å². The van der Waals surface area contributed by atoms with Gasteiger partial charge in [0.05, 0.1) is 34.7 Å². The van der Waals surface area contributed by atoms with Crippen LogP contribution in [-0.4, -0.2) is 58.0 Å². The van der Waals surface area contributed by atoms with Gasteiger partial charge in [-0.2, -0.15) is 0 Å². The number of carbonyl (C=O) groups excluding carboxylic acids is 1. The van der Waals surface area contributed by atoms with Crippen molar-refractivity contribution in [1.82, 2.24) is 20.2 Å². The van der Waals surface area contributed by atoms with E-state index in [0.717, 1.165) is 53.5 Å². The second kappa shape index (κ2) is 15.7. The van der Waals surface area contributed by atoms with Crippen LogP contribution >= 0.6 is 0 Å². The van der Waals surface area contributed by atoms with Crippen molar-refractivity contribution >= 4 is 33.7 Å². The monoisotopic (exact) mass is 658 g/mol. The zero-order chi connectivity index (χ0) is 34.2. The molecule has 6 heterocycles. The van der Waals surface area contributed by atoms with Gasteiger partial charge in [0.2, 0.25) is 0 Å². The molecule has 2 fully saturated rings. The van der Waals surface area contributed by atoms with Gasteiger partial charge in [-0.15, -0.1) is 0 Å². The first kappa shape index (κ1) is 33.6. The van der Waals surface area contributed by atoms with Gasteiger partial charge < -0.3 is 24.2 Å². The van der Waals surface area contributed by atoms with Crippen molar-refractivity contribution in [3.63, 3.8) is 0 Å². The molecule has 2 aliphatic heterocycles. The number of nitrogens with zero attached hydrogens (tertiary/aromatic N) is 3. The van der Waals surface area contributed by atoms with E-state index in [1.807, 2.05) is 73.3 Å². The van der Waals surface area contributed by atoms with Gasteiger partial charge in [0.1, 0.15) is 11.4 Å². The molecule has 252 valence electrons. The number of carbonyl (C=O) groups is 2. The molecule has 9 heteroatoms. The summed E-state index contributed by atoms with van der Waals surface area (Å²) < 4.78 is 10.8. The fraction of sp³-hybridized carbons (Fsp3) is 0.300. The minimum absolute atomic E-state index is 0.0977. The molecule has 4 aromatic heterocycles. The number of aromatic nitrogens is 2. The summed E-state index contributed by atoms with van der Waals surface area (Å²) in [6, 6.07) is 22.2.